The smallest absolute Gasteiger partial charge is 0.410 e. The van der Waals surface area contributed by atoms with Crippen LogP contribution in [-0.4, -0.2) is 36.0 Å². The minimum absolute atomic E-state index is 0.119. The van der Waals surface area contributed by atoms with Crippen molar-refractivity contribution in [3.8, 4) is 0 Å². The number of hydrogen-bond acceptors (Lipinski definition) is 5. The number of nitrogens with one attached hydrogen (secondary N) is 1. The summed E-state index contributed by atoms with van der Waals surface area (Å²) in [7, 11) is 0. The Kier molecular flexibility index (Phi) is 8.68. The van der Waals surface area contributed by atoms with Gasteiger partial charge in [0.15, 0.2) is 0 Å². The maximum atomic E-state index is 11.9. The summed E-state index contributed by atoms with van der Waals surface area (Å²) < 4.78 is 9.90. The first kappa shape index (κ1) is 22.1. The summed E-state index contributed by atoms with van der Waals surface area (Å²) in [6.07, 6.45) is -1.81. The van der Waals surface area contributed by atoms with Gasteiger partial charge in [-0.2, -0.15) is 0 Å². The van der Waals surface area contributed by atoms with Gasteiger partial charge in [-0.25, -0.2) is 4.79 Å². The lowest BCUT2D eigenvalue weighted by Gasteiger charge is -2.21. The molecular formula is C17H21Cl2NO6. The first-order valence-corrected chi connectivity index (χ1v) is 8.63. The quantitative estimate of drug-likeness (QED) is 0.506. The molecule has 26 heavy (non-hydrogen) atoms. The van der Waals surface area contributed by atoms with Crippen molar-refractivity contribution in [2.45, 2.75) is 33.5 Å². The zero-order chi connectivity index (χ0) is 19.9. The van der Waals surface area contributed by atoms with Crippen molar-refractivity contribution in [2.75, 3.05) is 6.54 Å². The van der Waals surface area contributed by atoms with E-state index in [1.165, 1.54) is 6.92 Å². The SMILES string of the molecule is CC(=O)O[C@H](OC(=O)NC[C@H](Cc1cc(Cl)cc(Cl)c1)C(=O)O)C(C)C. The molecule has 0 radical (unpaired) electrons. The van der Waals surface area contributed by atoms with Crippen LogP contribution in [0.1, 0.15) is 26.3 Å². The molecule has 1 aromatic carbocycles. The van der Waals surface area contributed by atoms with Crippen LogP contribution in [0.15, 0.2) is 18.2 Å². The average molecular weight is 406 g/mol. The third kappa shape index (κ3) is 7.93. The molecule has 1 rings (SSSR count). The van der Waals surface area contributed by atoms with E-state index in [9.17, 15) is 19.5 Å². The molecule has 2 atom stereocenters. The lowest BCUT2D eigenvalue weighted by Crippen LogP contribution is -2.38. The van der Waals surface area contributed by atoms with E-state index in [4.69, 9.17) is 32.7 Å². The van der Waals surface area contributed by atoms with Crippen LogP contribution in [0.2, 0.25) is 10.0 Å². The third-order valence-electron chi connectivity index (χ3n) is 3.30. The molecule has 9 heteroatoms. The zero-order valence-electron chi connectivity index (χ0n) is 14.6. The van der Waals surface area contributed by atoms with Crippen LogP contribution in [0.25, 0.3) is 0 Å². The molecule has 0 saturated carbocycles. The summed E-state index contributed by atoms with van der Waals surface area (Å²) in [5, 5.41) is 12.5. The van der Waals surface area contributed by atoms with Gasteiger partial charge in [0.25, 0.3) is 6.29 Å². The van der Waals surface area contributed by atoms with Gasteiger partial charge >= 0.3 is 18.0 Å². The fourth-order valence-electron chi connectivity index (χ4n) is 2.07. The van der Waals surface area contributed by atoms with Gasteiger partial charge < -0.3 is 19.9 Å². The highest BCUT2D eigenvalue weighted by Gasteiger charge is 2.24. The normalized spacial score (nSPS) is 13.0. The standard InChI is InChI=1S/C17H21Cl2NO6/c1-9(2)16(25-10(3)21)26-17(24)20-8-12(15(22)23)4-11-5-13(18)7-14(19)6-11/h5-7,9,12,16H,4,8H2,1-3H3,(H,20,24)(H,22,23)/t12-,16+/m0/s1. The molecule has 0 saturated heterocycles. The van der Waals surface area contributed by atoms with Crippen molar-refractivity contribution >= 4 is 41.2 Å². The third-order valence-corrected chi connectivity index (χ3v) is 3.73. The Hall–Kier alpha value is -1.99. The van der Waals surface area contributed by atoms with Crippen molar-refractivity contribution in [1.82, 2.24) is 5.32 Å². The number of aliphatic carboxylic acids is 1. The van der Waals surface area contributed by atoms with Gasteiger partial charge in [-0.1, -0.05) is 37.0 Å². The summed E-state index contributed by atoms with van der Waals surface area (Å²) in [4.78, 5) is 34.3. The van der Waals surface area contributed by atoms with Gasteiger partial charge in [-0.3, -0.25) is 9.59 Å². The molecule has 1 aromatic rings. The van der Waals surface area contributed by atoms with E-state index in [0.717, 1.165) is 0 Å². The molecule has 0 unspecified atom stereocenters. The molecule has 0 spiro atoms. The van der Waals surface area contributed by atoms with Crippen LogP contribution in [0, 0.1) is 11.8 Å². The molecule has 0 fully saturated rings. The molecule has 0 aliphatic rings. The van der Waals surface area contributed by atoms with Crippen molar-refractivity contribution < 1.29 is 29.0 Å². The van der Waals surface area contributed by atoms with E-state index in [0.29, 0.717) is 15.6 Å². The lowest BCUT2D eigenvalue weighted by atomic mass is 9.99. The summed E-state index contributed by atoms with van der Waals surface area (Å²) in [6, 6.07) is 4.76. The second kappa shape index (κ2) is 10.2. The largest absolute Gasteiger partial charge is 0.481 e. The van der Waals surface area contributed by atoms with Crippen LogP contribution in [0.5, 0.6) is 0 Å². The molecule has 144 valence electrons. The first-order chi connectivity index (χ1) is 12.1. The number of halogens is 2. The van der Waals surface area contributed by atoms with E-state index in [1.807, 2.05) is 0 Å². The van der Waals surface area contributed by atoms with Gasteiger partial charge in [-0.15, -0.1) is 0 Å². The van der Waals surface area contributed by atoms with E-state index in [1.54, 1.807) is 32.0 Å². The second-order valence-corrected chi connectivity index (χ2v) is 6.90. The topological polar surface area (TPSA) is 102 Å². The van der Waals surface area contributed by atoms with Gasteiger partial charge in [0.05, 0.1) is 5.92 Å². The lowest BCUT2D eigenvalue weighted by molar-refractivity contribution is -0.172. The Morgan fingerprint density at radius 2 is 1.69 bits per heavy atom. The van der Waals surface area contributed by atoms with E-state index in [-0.39, 0.29) is 18.9 Å². The molecule has 0 aromatic heterocycles. The number of benzene rings is 1. The fraction of sp³-hybridized carbons (Fsp3) is 0.471. The molecule has 2 N–H and O–H groups in total. The predicted octanol–water partition coefficient (Wildman–Crippen LogP) is 3.51. The number of esters is 1. The van der Waals surface area contributed by atoms with Gasteiger partial charge in [-0.05, 0) is 30.2 Å². The average Bonchev–Trinajstić information content (AvgIpc) is 2.48. The highest BCUT2D eigenvalue weighted by atomic mass is 35.5. The number of hydrogen-bond donors (Lipinski definition) is 2. The van der Waals surface area contributed by atoms with Gasteiger partial charge in [0.2, 0.25) is 0 Å². The predicted molar refractivity (Wildman–Crippen MR) is 96.2 cm³/mol. The number of carboxylic acids is 1. The number of ether oxygens (including phenoxy) is 2. The Bertz CT molecular complexity index is 644. The molecule has 0 aliphatic carbocycles. The summed E-state index contributed by atoms with van der Waals surface area (Å²) in [6.45, 7) is 4.45. The monoisotopic (exact) mass is 405 g/mol. The van der Waals surface area contributed by atoms with Crippen molar-refractivity contribution in [2.24, 2.45) is 11.8 Å². The van der Waals surface area contributed by atoms with Crippen LogP contribution >= 0.6 is 23.2 Å². The highest BCUT2D eigenvalue weighted by molar-refractivity contribution is 6.34. The molecule has 0 aliphatic heterocycles. The molecule has 1 amide bonds. The van der Waals surface area contributed by atoms with Crippen LogP contribution in [0.3, 0.4) is 0 Å². The van der Waals surface area contributed by atoms with E-state index in [2.05, 4.69) is 5.32 Å². The van der Waals surface area contributed by atoms with E-state index >= 15 is 0 Å². The fourth-order valence-corrected chi connectivity index (χ4v) is 2.64. The first-order valence-electron chi connectivity index (χ1n) is 7.88. The highest BCUT2D eigenvalue weighted by Crippen LogP contribution is 2.21. The Balaban J connectivity index is 2.66. The number of carbonyl (C=O) groups is 3. The van der Waals surface area contributed by atoms with Crippen molar-refractivity contribution in [3.63, 3.8) is 0 Å². The number of rotatable bonds is 8. The zero-order valence-corrected chi connectivity index (χ0v) is 16.1. The van der Waals surface area contributed by atoms with Crippen LogP contribution in [-0.2, 0) is 25.5 Å². The van der Waals surface area contributed by atoms with E-state index < -0.39 is 30.2 Å². The Morgan fingerprint density at radius 3 is 2.15 bits per heavy atom. The molecule has 7 nitrogen and oxygen atoms in total. The van der Waals surface area contributed by atoms with Crippen molar-refractivity contribution in [1.29, 1.82) is 0 Å². The maximum absolute atomic E-state index is 11.9. The van der Waals surface area contributed by atoms with Gasteiger partial charge in [0, 0.05) is 29.4 Å². The molecular weight excluding hydrogens is 385 g/mol. The number of carbonyl (C=O) groups excluding carboxylic acids is 2. The van der Waals surface area contributed by atoms with Crippen LogP contribution in [0.4, 0.5) is 4.79 Å². The van der Waals surface area contributed by atoms with Crippen LogP contribution < -0.4 is 5.32 Å². The van der Waals surface area contributed by atoms with Gasteiger partial charge in [0.1, 0.15) is 0 Å². The maximum Gasteiger partial charge on any atom is 0.410 e. The number of amides is 1. The summed E-state index contributed by atoms with van der Waals surface area (Å²) in [5.41, 5.74) is 0.630. The summed E-state index contributed by atoms with van der Waals surface area (Å²) >= 11 is 11.8. The van der Waals surface area contributed by atoms with Crippen molar-refractivity contribution in [3.05, 3.63) is 33.8 Å². The number of alkyl carbamates (subject to hydrolysis) is 1. The number of carboxylic acid groups (broad SMARTS) is 1. The minimum atomic E-state index is -1.10. The Labute approximate surface area is 161 Å². The summed E-state index contributed by atoms with van der Waals surface area (Å²) in [5.74, 6) is -2.85. The molecule has 0 heterocycles. The minimum Gasteiger partial charge on any atom is -0.481 e. The second-order valence-electron chi connectivity index (χ2n) is 6.03. The Morgan fingerprint density at radius 1 is 1.12 bits per heavy atom. The molecule has 0 bridgehead atoms.